The Hall–Kier alpha value is -2.54. The van der Waals surface area contributed by atoms with Crippen molar-refractivity contribution in [1.82, 2.24) is 5.32 Å². The molecule has 0 saturated carbocycles. The Morgan fingerprint density at radius 3 is 2.29 bits per heavy atom. The third kappa shape index (κ3) is 6.27. The summed E-state index contributed by atoms with van der Waals surface area (Å²) >= 11 is 0. The molecule has 0 aliphatic rings. The first-order valence-corrected chi connectivity index (χ1v) is 11.1. The van der Waals surface area contributed by atoms with Crippen LogP contribution in [0.3, 0.4) is 0 Å². The van der Waals surface area contributed by atoms with Crippen LogP contribution in [0.2, 0.25) is 0 Å². The van der Waals surface area contributed by atoms with Crippen molar-refractivity contribution in [3.05, 3.63) is 59.7 Å². The molecule has 28 heavy (non-hydrogen) atoms. The Balaban J connectivity index is 1.89. The number of nitrogens with zero attached hydrogens (tertiary/aromatic N) is 2. The second-order valence-corrected chi connectivity index (χ2v) is 8.91. The standard InChI is InChI=1S/C21H29N3O3S/c1-17-11-12-20(15-18(17)2)24(28(4,26)27)16-21(25)22-13-8-14-23(3)19-9-6-5-7-10-19/h5-7,9-12,15H,8,13-14,16H2,1-4H3,(H,22,25). The fourth-order valence-electron chi connectivity index (χ4n) is 2.82. The fraction of sp³-hybridized carbons (Fsp3) is 0.381. The zero-order chi connectivity index (χ0) is 20.7. The van der Waals surface area contributed by atoms with E-state index >= 15 is 0 Å². The van der Waals surface area contributed by atoms with Gasteiger partial charge in [0.05, 0.1) is 11.9 Å². The quantitative estimate of drug-likeness (QED) is 0.654. The summed E-state index contributed by atoms with van der Waals surface area (Å²) in [4.78, 5) is 14.4. The van der Waals surface area contributed by atoms with Crippen molar-refractivity contribution in [1.29, 1.82) is 0 Å². The first-order chi connectivity index (χ1) is 13.2. The third-order valence-electron chi connectivity index (χ3n) is 4.66. The molecule has 152 valence electrons. The molecule has 0 aromatic heterocycles. The Kier molecular flexibility index (Phi) is 7.45. The summed E-state index contributed by atoms with van der Waals surface area (Å²) in [5.41, 5.74) is 3.68. The van der Waals surface area contributed by atoms with Crippen LogP contribution < -0.4 is 14.5 Å². The van der Waals surface area contributed by atoms with Crippen LogP contribution in [0.15, 0.2) is 48.5 Å². The van der Waals surface area contributed by atoms with Crippen LogP contribution in [-0.4, -0.2) is 47.3 Å². The van der Waals surface area contributed by atoms with Crippen LogP contribution in [0, 0.1) is 13.8 Å². The lowest BCUT2D eigenvalue weighted by atomic mass is 10.1. The maximum absolute atomic E-state index is 12.3. The van der Waals surface area contributed by atoms with E-state index in [0.29, 0.717) is 12.2 Å². The van der Waals surface area contributed by atoms with Gasteiger partial charge in [0.2, 0.25) is 15.9 Å². The molecule has 0 aliphatic carbocycles. The van der Waals surface area contributed by atoms with Crippen molar-refractivity contribution in [3.8, 4) is 0 Å². The molecule has 0 heterocycles. The van der Waals surface area contributed by atoms with E-state index in [9.17, 15) is 13.2 Å². The van der Waals surface area contributed by atoms with Gasteiger partial charge in [-0.2, -0.15) is 0 Å². The highest BCUT2D eigenvalue weighted by Crippen LogP contribution is 2.21. The second kappa shape index (κ2) is 9.59. The number of hydrogen-bond donors (Lipinski definition) is 1. The van der Waals surface area contributed by atoms with Crippen molar-refractivity contribution >= 4 is 27.3 Å². The van der Waals surface area contributed by atoms with E-state index in [0.717, 1.165) is 40.3 Å². The number of sulfonamides is 1. The zero-order valence-electron chi connectivity index (χ0n) is 17.0. The number of hydrogen-bond acceptors (Lipinski definition) is 4. The Morgan fingerprint density at radius 2 is 1.68 bits per heavy atom. The molecule has 1 N–H and O–H groups in total. The molecule has 0 saturated heterocycles. The SMILES string of the molecule is Cc1ccc(N(CC(=O)NCCCN(C)c2ccccc2)S(C)(=O)=O)cc1C. The van der Waals surface area contributed by atoms with Gasteiger partial charge in [-0.15, -0.1) is 0 Å². The molecule has 2 rings (SSSR count). The van der Waals surface area contributed by atoms with E-state index < -0.39 is 10.0 Å². The number of anilines is 2. The molecular formula is C21H29N3O3S. The summed E-state index contributed by atoms with van der Waals surface area (Å²) in [6.07, 6.45) is 1.88. The molecule has 0 unspecified atom stereocenters. The Bertz CT molecular complexity index is 898. The minimum Gasteiger partial charge on any atom is -0.375 e. The van der Waals surface area contributed by atoms with Gasteiger partial charge in [0.25, 0.3) is 0 Å². The number of benzene rings is 2. The summed E-state index contributed by atoms with van der Waals surface area (Å²) in [6.45, 7) is 4.93. The van der Waals surface area contributed by atoms with Crippen LogP contribution in [0.1, 0.15) is 17.5 Å². The molecule has 0 spiro atoms. The van der Waals surface area contributed by atoms with Crippen LogP contribution in [-0.2, 0) is 14.8 Å². The highest BCUT2D eigenvalue weighted by molar-refractivity contribution is 7.92. The van der Waals surface area contributed by atoms with Crippen molar-refractivity contribution < 1.29 is 13.2 Å². The normalized spacial score (nSPS) is 11.1. The average Bonchev–Trinajstić information content (AvgIpc) is 2.65. The molecule has 2 aromatic rings. The molecule has 6 nitrogen and oxygen atoms in total. The predicted octanol–water partition coefficient (Wildman–Crippen LogP) is 2.71. The average molecular weight is 404 g/mol. The van der Waals surface area contributed by atoms with Gasteiger partial charge in [-0.3, -0.25) is 9.10 Å². The van der Waals surface area contributed by atoms with Gasteiger partial charge in [-0.25, -0.2) is 8.42 Å². The number of nitrogens with one attached hydrogen (secondary N) is 1. The van der Waals surface area contributed by atoms with Crippen LogP contribution >= 0.6 is 0 Å². The van der Waals surface area contributed by atoms with E-state index in [-0.39, 0.29) is 12.5 Å². The zero-order valence-corrected chi connectivity index (χ0v) is 17.8. The smallest absolute Gasteiger partial charge is 0.240 e. The number of para-hydroxylation sites is 1. The van der Waals surface area contributed by atoms with Gasteiger partial charge < -0.3 is 10.2 Å². The lowest BCUT2D eigenvalue weighted by molar-refractivity contribution is -0.119. The predicted molar refractivity (Wildman–Crippen MR) is 115 cm³/mol. The first kappa shape index (κ1) is 21.8. The fourth-order valence-corrected chi connectivity index (χ4v) is 3.67. The highest BCUT2D eigenvalue weighted by Gasteiger charge is 2.21. The summed E-state index contributed by atoms with van der Waals surface area (Å²) < 4.78 is 25.5. The summed E-state index contributed by atoms with van der Waals surface area (Å²) in [5.74, 6) is -0.314. The van der Waals surface area contributed by atoms with E-state index in [1.807, 2.05) is 57.3 Å². The molecular weight excluding hydrogens is 374 g/mol. The van der Waals surface area contributed by atoms with Crippen LogP contribution in [0.4, 0.5) is 11.4 Å². The van der Waals surface area contributed by atoms with Gasteiger partial charge in [-0.05, 0) is 55.7 Å². The molecule has 1 amide bonds. The van der Waals surface area contributed by atoms with Crippen molar-refractivity contribution in [3.63, 3.8) is 0 Å². The Morgan fingerprint density at radius 1 is 1.00 bits per heavy atom. The molecule has 0 aliphatic heterocycles. The number of aryl methyl sites for hydroxylation is 2. The molecule has 0 bridgehead atoms. The van der Waals surface area contributed by atoms with E-state index in [1.165, 1.54) is 0 Å². The molecule has 0 fully saturated rings. The van der Waals surface area contributed by atoms with E-state index in [4.69, 9.17) is 0 Å². The topological polar surface area (TPSA) is 69.7 Å². The van der Waals surface area contributed by atoms with Crippen molar-refractivity contribution in [2.24, 2.45) is 0 Å². The first-order valence-electron chi connectivity index (χ1n) is 9.26. The number of carbonyl (C=O) groups is 1. The largest absolute Gasteiger partial charge is 0.375 e. The van der Waals surface area contributed by atoms with Gasteiger partial charge in [0, 0.05) is 25.8 Å². The third-order valence-corrected chi connectivity index (χ3v) is 5.80. The van der Waals surface area contributed by atoms with E-state index in [1.54, 1.807) is 12.1 Å². The maximum atomic E-state index is 12.3. The van der Waals surface area contributed by atoms with Crippen molar-refractivity contribution in [2.45, 2.75) is 20.3 Å². The van der Waals surface area contributed by atoms with Crippen molar-refractivity contribution in [2.75, 3.05) is 42.1 Å². The number of amides is 1. The number of rotatable bonds is 9. The van der Waals surface area contributed by atoms with Gasteiger partial charge >= 0.3 is 0 Å². The summed E-state index contributed by atoms with van der Waals surface area (Å²) in [6, 6.07) is 15.4. The molecule has 0 radical (unpaired) electrons. The van der Waals surface area contributed by atoms with Crippen LogP contribution in [0.5, 0.6) is 0 Å². The molecule has 0 atom stereocenters. The minimum absolute atomic E-state index is 0.226. The summed E-state index contributed by atoms with van der Waals surface area (Å²) in [5, 5.41) is 2.82. The monoisotopic (exact) mass is 403 g/mol. The van der Waals surface area contributed by atoms with E-state index in [2.05, 4.69) is 10.2 Å². The molecule has 2 aromatic carbocycles. The Labute approximate surface area is 168 Å². The van der Waals surface area contributed by atoms with Crippen LogP contribution in [0.25, 0.3) is 0 Å². The van der Waals surface area contributed by atoms with Gasteiger partial charge in [0.15, 0.2) is 0 Å². The van der Waals surface area contributed by atoms with Gasteiger partial charge in [0.1, 0.15) is 6.54 Å². The lowest BCUT2D eigenvalue weighted by Gasteiger charge is -2.23. The van der Waals surface area contributed by atoms with Gasteiger partial charge in [-0.1, -0.05) is 24.3 Å². The molecule has 7 heteroatoms. The number of carbonyl (C=O) groups excluding carboxylic acids is 1. The minimum atomic E-state index is -3.56. The lowest BCUT2D eigenvalue weighted by Crippen LogP contribution is -2.41. The maximum Gasteiger partial charge on any atom is 0.240 e. The summed E-state index contributed by atoms with van der Waals surface area (Å²) in [7, 11) is -1.56. The highest BCUT2D eigenvalue weighted by atomic mass is 32.2. The second-order valence-electron chi connectivity index (χ2n) is 7.00.